The summed E-state index contributed by atoms with van der Waals surface area (Å²) in [6.45, 7) is 3.34. The van der Waals surface area contributed by atoms with Crippen LogP contribution in [0.3, 0.4) is 0 Å². The maximum absolute atomic E-state index is 12.8. The number of hydrogen-bond acceptors (Lipinski definition) is 4. The number of likely N-dealkylation sites (tertiary alicyclic amines) is 1. The molecule has 1 aromatic carbocycles. The quantitative estimate of drug-likeness (QED) is 0.660. The summed E-state index contributed by atoms with van der Waals surface area (Å²) in [5.74, 6) is -1.72. The van der Waals surface area contributed by atoms with Gasteiger partial charge in [0.25, 0.3) is 0 Å². The molecule has 1 aliphatic rings. The van der Waals surface area contributed by atoms with Crippen LogP contribution in [0.15, 0.2) is 30.3 Å². The Bertz CT molecular complexity index is 663. The zero-order valence-electron chi connectivity index (χ0n) is 15.1. The molecule has 1 heterocycles. The van der Waals surface area contributed by atoms with Gasteiger partial charge in [0.05, 0.1) is 5.25 Å². The lowest BCUT2D eigenvalue weighted by Crippen LogP contribution is -2.56. The van der Waals surface area contributed by atoms with Gasteiger partial charge < -0.3 is 15.3 Å². The molecule has 142 valence electrons. The average Bonchev–Trinajstić information content (AvgIpc) is 2.67. The first kappa shape index (κ1) is 20.3. The van der Waals surface area contributed by atoms with Crippen molar-refractivity contribution in [2.75, 3.05) is 6.54 Å². The van der Waals surface area contributed by atoms with Crippen LogP contribution < -0.4 is 5.32 Å². The van der Waals surface area contributed by atoms with E-state index in [9.17, 15) is 14.4 Å². The van der Waals surface area contributed by atoms with E-state index < -0.39 is 22.8 Å². The maximum atomic E-state index is 12.8. The van der Waals surface area contributed by atoms with Gasteiger partial charge >= 0.3 is 5.97 Å². The predicted octanol–water partition coefficient (Wildman–Crippen LogP) is 1.89. The van der Waals surface area contributed by atoms with Gasteiger partial charge in [0.15, 0.2) is 0 Å². The highest BCUT2D eigenvalue weighted by molar-refractivity contribution is 7.81. The van der Waals surface area contributed by atoms with E-state index in [1.165, 1.54) is 4.90 Å². The second-order valence-electron chi connectivity index (χ2n) is 7.29. The molecular formula is C19H26N2O4S. The molecule has 0 bridgehead atoms. The van der Waals surface area contributed by atoms with Gasteiger partial charge in [-0.2, -0.15) is 12.6 Å². The molecule has 1 aromatic rings. The lowest BCUT2D eigenvalue weighted by Gasteiger charge is -2.37. The highest BCUT2D eigenvalue weighted by Crippen LogP contribution is 2.27. The number of rotatable bonds is 6. The molecule has 0 radical (unpaired) electrons. The van der Waals surface area contributed by atoms with E-state index in [0.717, 1.165) is 12.0 Å². The van der Waals surface area contributed by atoms with Gasteiger partial charge in [0, 0.05) is 5.54 Å². The van der Waals surface area contributed by atoms with Crippen molar-refractivity contribution in [1.29, 1.82) is 0 Å². The van der Waals surface area contributed by atoms with Gasteiger partial charge in [-0.05, 0) is 45.1 Å². The van der Waals surface area contributed by atoms with Gasteiger partial charge in [-0.15, -0.1) is 0 Å². The number of carboxylic acid groups (broad SMARTS) is 1. The topological polar surface area (TPSA) is 86.7 Å². The molecule has 0 spiro atoms. The largest absolute Gasteiger partial charge is 0.480 e. The Labute approximate surface area is 159 Å². The molecule has 2 N–H and O–H groups in total. The van der Waals surface area contributed by atoms with Crippen molar-refractivity contribution in [1.82, 2.24) is 10.2 Å². The first-order valence-corrected chi connectivity index (χ1v) is 9.28. The van der Waals surface area contributed by atoms with E-state index in [2.05, 4.69) is 17.9 Å². The predicted molar refractivity (Wildman–Crippen MR) is 102 cm³/mol. The Kier molecular flexibility index (Phi) is 6.69. The Hall–Kier alpha value is -2.02. The smallest absolute Gasteiger partial charge is 0.323 e. The number of amides is 2. The number of carboxylic acids is 1. The van der Waals surface area contributed by atoms with Gasteiger partial charge in [-0.3, -0.25) is 14.4 Å². The molecule has 1 fully saturated rings. The fourth-order valence-electron chi connectivity index (χ4n) is 3.24. The number of hydrogen-bond donors (Lipinski definition) is 3. The van der Waals surface area contributed by atoms with E-state index in [0.29, 0.717) is 19.3 Å². The van der Waals surface area contributed by atoms with Crippen LogP contribution in [0.5, 0.6) is 0 Å². The highest BCUT2D eigenvalue weighted by Gasteiger charge is 2.39. The van der Waals surface area contributed by atoms with Gasteiger partial charge in [0.2, 0.25) is 11.8 Å². The number of benzene rings is 1. The minimum Gasteiger partial charge on any atom is -0.480 e. The molecule has 2 atom stereocenters. The molecular weight excluding hydrogens is 352 g/mol. The molecule has 1 aliphatic heterocycles. The van der Waals surface area contributed by atoms with Crippen LogP contribution in [0.25, 0.3) is 0 Å². The fourth-order valence-corrected chi connectivity index (χ4v) is 3.53. The molecule has 1 saturated heterocycles. The van der Waals surface area contributed by atoms with E-state index in [4.69, 9.17) is 5.11 Å². The summed E-state index contributed by atoms with van der Waals surface area (Å²) >= 11 is 4.37. The van der Waals surface area contributed by atoms with Crippen LogP contribution in [0.4, 0.5) is 0 Å². The third kappa shape index (κ3) is 5.24. The first-order valence-electron chi connectivity index (χ1n) is 8.76. The molecule has 0 aromatic heterocycles. The van der Waals surface area contributed by atoms with E-state index in [1.54, 1.807) is 0 Å². The minimum absolute atomic E-state index is 0.314. The second kappa shape index (κ2) is 8.58. The van der Waals surface area contributed by atoms with Crippen molar-refractivity contribution in [2.24, 2.45) is 0 Å². The average molecular weight is 378 g/mol. The van der Waals surface area contributed by atoms with Crippen LogP contribution in [0, 0.1) is 0 Å². The number of carbonyl (C=O) groups excluding carboxylic acids is 2. The summed E-state index contributed by atoms with van der Waals surface area (Å²) in [5.41, 5.74) is 0.433. The zero-order chi connectivity index (χ0) is 19.3. The Morgan fingerprint density at radius 2 is 2.00 bits per heavy atom. The summed E-state index contributed by atoms with van der Waals surface area (Å²) < 4.78 is 0. The summed E-state index contributed by atoms with van der Waals surface area (Å²) in [5, 5.41) is 11.3. The minimum atomic E-state index is -1.06. The number of aliphatic carboxylic acids is 1. The van der Waals surface area contributed by atoms with Crippen molar-refractivity contribution in [3.63, 3.8) is 0 Å². The number of carbonyl (C=O) groups is 3. The first-order chi connectivity index (χ1) is 12.2. The summed E-state index contributed by atoms with van der Waals surface area (Å²) in [7, 11) is 0. The summed E-state index contributed by atoms with van der Waals surface area (Å²) in [4.78, 5) is 37.8. The van der Waals surface area contributed by atoms with Crippen LogP contribution in [-0.2, 0) is 20.8 Å². The summed E-state index contributed by atoms with van der Waals surface area (Å²) in [6, 6.07) is 8.83. The van der Waals surface area contributed by atoms with E-state index in [-0.39, 0.29) is 18.4 Å². The van der Waals surface area contributed by atoms with Crippen LogP contribution >= 0.6 is 12.6 Å². The number of nitrogens with one attached hydrogen (secondary N) is 1. The molecule has 0 aliphatic carbocycles. The van der Waals surface area contributed by atoms with Crippen LogP contribution in [0.2, 0.25) is 0 Å². The molecule has 6 nitrogen and oxygen atoms in total. The fraction of sp³-hybridized carbons (Fsp3) is 0.526. The van der Waals surface area contributed by atoms with Gasteiger partial charge in [-0.25, -0.2) is 0 Å². The zero-order valence-corrected chi connectivity index (χ0v) is 16.0. The molecule has 2 amide bonds. The molecule has 2 rings (SSSR count). The van der Waals surface area contributed by atoms with Gasteiger partial charge in [-0.1, -0.05) is 30.3 Å². The lowest BCUT2D eigenvalue weighted by atomic mass is 9.97. The van der Waals surface area contributed by atoms with Crippen molar-refractivity contribution in [2.45, 2.75) is 56.4 Å². The Balaban J connectivity index is 2.05. The second-order valence-corrected chi connectivity index (χ2v) is 7.91. The van der Waals surface area contributed by atoms with Crippen LogP contribution in [-0.4, -0.2) is 51.2 Å². The SMILES string of the molecule is CC1(C)CCCC(NC(=O)[C@@H](S)Cc2ccccc2)C(=O)N1CC(=O)O. The normalized spacial score (nSPS) is 21.0. The van der Waals surface area contributed by atoms with Crippen molar-refractivity contribution >= 4 is 30.4 Å². The summed E-state index contributed by atoms with van der Waals surface area (Å²) in [6.07, 6.45) is 2.37. The number of nitrogens with zero attached hydrogens (tertiary/aromatic N) is 1. The standard InChI is InChI=1S/C19H26N2O4S/c1-19(2)10-6-9-14(18(25)21(19)12-16(22)23)20-17(24)15(26)11-13-7-4-3-5-8-13/h3-5,7-8,14-15,26H,6,9-12H2,1-2H3,(H,20,24)(H,22,23)/t14?,15-/m0/s1. The monoisotopic (exact) mass is 378 g/mol. The molecule has 0 saturated carbocycles. The Morgan fingerprint density at radius 3 is 2.62 bits per heavy atom. The number of thiol groups is 1. The maximum Gasteiger partial charge on any atom is 0.323 e. The highest BCUT2D eigenvalue weighted by atomic mass is 32.1. The lowest BCUT2D eigenvalue weighted by molar-refractivity contribution is -0.149. The molecule has 1 unspecified atom stereocenters. The van der Waals surface area contributed by atoms with Gasteiger partial charge in [0.1, 0.15) is 12.6 Å². The van der Waals surface area contributed by atoms with E-state index >= 15 is 0 Å². The third-order valence-corrected chi connectivity index (χ3v) is 5.18. The molecule has 7 heteroatoms. The van der Waals surface area contributed by atoms with Crippen molar-refractivity contribution < 1.29 is 19.5 Å². The molecule has 26 heavy (non-hydrogen) atoms. The van der Waals surface area contributed by atoms with Crippen LogP contribution in [0.1, 0.15) is 38.7 Å². The van der Waals surface area contributed by atoms with Crippen molar-refractivity contribution in [3.05, 3.63) is 35.9 Å². The van der Waals surface area contributed by atoms with Crippen molar-refractivity contribution in [3.8, 4) is 0 Å². The Morgan fingerprint density at radius 1 is 1.35 bits per heavy atom. The third-order valence-electron chi connectivity index (χ3n) is 4.76. The van der Waals surface area contributed by atoms with E-state index in [1.807, 2.05) is 44.2 Å².